The second kappa shape index (κ2) is 11.6. The molecule has 0 aromatic heterocycles. The number of nitrogens with one attached hydrogen (secondary N) is 1. The van der Waals surface area contributed by atoms with Crippen molar-refractivity contribution in [3.63, 3.8) is 0 Å². The van der Waals surface area contributed by atoms with Crippen LogP contribution >= 0.6 is 0 Å². The molecule has 1 saturated heterocycles. The maximum atomic E-state index is 13.8. The summed E-state index contributed by atoms with van der Waals surface area (Å²) in [5.74, 6) is 2.67. The Morgan fingerprint density at radius 3 is 2.82 bits per heavy atom. The average molecular weight is 536 g/mol. The van der Waals surface area contributed by atoms with Gasteiger partial charge in [-0.2, -0.15) is 0 Å². The largest absolute Gasteiger partial charge is 0.378 e. The minimum Gasteiger partial charge on any atom is -0.378 e. The van der Waals surface area contributed by atoms with Crippen molar-refractivity contribution in [1.29, 1.82) is 0 Å². The SMILES string of the molecule is C=C(C)CC(=CC=C(C)c1cccc(F)c1)CC(C)C12CC13C(COC3C)CC1CC(NCOCC)CCC12. The Morgan fingerprint density at radius 2 is 2.08 bits per heavy atom. The molecule has 1 aromatic carbocycles. The van der Waals surface area contributed by atoms with E-state index >= 15 is 0 Å². The highest BCUT2D eigenvalue weighted by Gasteiger charge is 2.81. The van der Waals surface area contributed by atoms with Crippen molar-refractivity contribution in [2.45, 2.75) is 91.7 Å². The zero-order valence-electron chi connectivity index (χ0n) is 24.9. The molecule has 1 aliphatic heterocycles. The predicted octanol–water partition coefficient (Wildman–Crippen LogP) is 8.33. The first-order valence-corrected chi connectivity index (χ1v) is 15.4. The lowest BCUT2D eigenvalue weighted by molar-refractivity contribution is -0.0261. The number of fused-ring (bicyclic) bond motifs is 2. The molecule has 3 aliphatic carbocycles. The molecule has 4 aliphatic rings. The molecule has 1 aromatic rings. The van der Waals surface area contributed by atoms with Crippen molar-refractivity contribution in [2.75, 3.05) is 19.9 Å². The summed E-state index contributed by atoms with van der Waals surface area (Å²) in [4.78, 5) is 0. The van der Waals surface area contributed by atoms with Gasteiger partial charge in [0.2, 0.25) is 0 Å². The molecule has 214 valence electrons. The molecular formula is C35H50FNO2. The van der Waals surface area contributed by atoms with Crippen molar-refractivity contribution >= 4 is 5.57 Å². The topological polar surface area (TPSA) is 30.5 Å². The third-order valence-electron chi connectivity index (χ3n) is 11.1. The molecule has 0 amide bonds. The Bertz CT molecular complexity index is 1110. The fraction of sp³-hybridized carbons (Fsp3) is 0.657. The molecule has 8 unspecified atom stereocenters. The van der Waals surface area contributed by atoms with Crippen molar-refractivity contribution < 1.29 is 13.9 Å². The van der Waals surface area contributed by atoms with Gasteiger partial charge >= 0.3 is 0 Å². The Labute approximate surface area is 236 Å². The summed E-state index contributed by atoms with van der Waals surface area (Å²) in [5.41, 5.74) is 5.41. The van der Waals surface area contributed by atoms with Gasteiger partial charge in [0.15, 0.2) is 0 Å². The summed E-state index contributed by atoms with van der Waals surface area (Å²) in [5, 5.41) is 3.69. The van der Waals surface area contributed by atoms with Crippen LogP contribution < -0.4 is 5.32 Å². The van der Waals surface area contributed by atoms with E-state index in [-0.39, 0.29) is 5.82 Å². The van der Waals surface area contributed by atoms with Crippen LogP contribution in [0.25, 0.3) is 5.57 Å². The van der Waals surface area contributed by atoms with Gasteiger partial charge in [-0.05, 0) is 125 Å². The highest BCUT2D eigenvalue weighted by Crippen LogP contribution is 2.84. The molecule has 3 nitrogen and oxygen atoms in total. The Balaban J connectivity index is 1.38. The van der Waals surface area contributed by atoms with Gasteiger partial charge in [0, 0.05) is 18.1 Å². The van der Waals surface area contributed by atoms with E-state index in [4.69, 9.17) is 9.47 Å². The number of rotatable bonds is 11. The van der Waals surface area contributed by atoms with Gasteiger partial charge < -0.3 is 9.47 Å². The summed E-state index contributed by atoms with van der Waals surface area (Å²) >= 11 is 0. The highest BCUT2D eigenvalue weighted by atomic mass is 19.1. The van der Waals surface area contributed by atoms with Crippen LogP contribution in [0, 0.1) is 40.3 Å². The molecule has 1 N–H and O–H groups in total. The van der Waals surface area contributed by atoms with Gasteiger partial charge in [-0.15, -0.1) is 0 Å². The third-order valence-corrected chi connectivity index (χ3v) is 11.1. The predicted molar refractivity (Wildman–Crippen MR) is 159 cm³/mol. The van der Waals surface area contributed by atoms with Crippen LogP contribution in [0.3, 0.4) is 0 Å². The molecule has 1 heterocycles. The summed E-state index contributed by atoms with van der Waals surface area (Å²) < 4.78 is 25.9. The molecular weight excluding hydrogens is 485 g/mol. The lowest BCUT2D eigenvalue weighted by Crippen LogP contribution is -2.49. The first kappa shape index (κ1) is 28.8. The van der Waals surface area contributed by atoms with Gasteiger partial charge in [-0.25, -0.2) is 4.39 Å². The summed E-state index contributed by atoms with van der Waals surface area (Å²) in [6, 6.07) is 7.48. The molecule has 39 heavy (non-hydrogen) atoms. The maximum absolute atomic E-state index is 13.8. The Kier molecular flexibility index (Phi) is 8.57. The second-order valence-electron chi connectivity index (χ2n) is 13.3. The summed E-state index contributed by atoms with van der Waals surface area (Å²) in [6.07, 6.45) is 13.4. The molecule has 8 atom stereocenters. The zero-order chi connectivity index (χ0) is 27.8. The first-order chi connectivity index (χ1) is 18.7. The fourth-order valence-corrected chi connectivity index (χ4v) is 9.40. The summed E-state index contributed by atoms with van der Waals surface area (Å²) in [6.45, 7) is 17.8. The quantitative estimate of drug-likeness (QED) is 0.134. The number of hydrogen-bond donors (Lipinski definition) is 1. The van der Waals surface area contributed by atoms with Crippen molar-refractivity contribution in [3.8, 4) is 0 Å². The average Bonchev–Trinajstić information content (AvgIpc) is 3.54. The van der Waals surface area contributed by atoms with Crippen molar-refractivity contribution in [2.24, 2.45) is 34.5 Å². The van der Waals surface area contributed by atoms with E-state index in [2.05, 4.69) is 58.7 Å². The standard InChI is InChI=1S/C35H50FNO2/c1-7-38-22-37-32-13-14-33-29(19-32)17-30-20-39-26(6)35(30)21-34(33,35)25(5)16-27(15-23(2)3)12-11-24(4)28-9-8-10-31(36)18-28/h8-12,18,25-26,29-30,32-33,37H,2,7,13-17,19-22H2,1,3-6H3. The Hall–Kier alpha value is -1.75. The van der Waals surface area contributed by atoms with E-state index < -0.39 is 0 Å². The van der Waals surface area contributed by atoms with Crippen LogP contribution in [0.5, 0.6) is 0 Å². The molecule has 1 spiro atoms. The molecule has 4 fully saturated rings. The molecule has 0 radical (unpaired) electrons. The van der Waals surface area contributed by atoms with Gasteiger partial charge in [0.1, 0.15) is 5.82 Å². The lowest BCUT2D eigenvalue weighted by atomic mass is 9.53. The highest BCUT2D eigenvalue weighted by molar-refractivity contribution is 5.65. The lowest BCUT2D eigenvalue weighted by Gasteiger charge is -2.51. The van der Waals surface area contributed by atoms with Crippen LogP contribution in [-0.2, 0) is 9.47 Å². The van der Waals surface area contributed by atoms with Gasteiger partial charge in [0.25, 0.3) is 0 Å². The first-order valence-electron chi connectivity index (χ1n) is 15.4. The van der Waals surface area contributed by atoms with Crippen LogP contribution in [0.15, 0.2) is 54.1 Å². The van der Waals surface area contributed by atoms with Gasteiger partial charge in [-0.1, -0.05) is 48.9 Å². The van der Waals surface area contributed by atoms with Crippen LogP contribution in [0.1, 0.15) is 85.1 Å². The second-order valence-corrected chi connectivity index (χ2v) is 13.3. The Morgan fingerprint density at radius 1 is 1.26 bits per heavy atom. The van der Waals surface area contributed by atoms with Crippen molar-refractivity contribution in [3.05, 3.63) is 65.5 Å². The molecule has 3 saturated carbocycles. The number of ether oxygens (including phenoxy) is 2. The fourth-order valence-electron chi connectivity index (χ4n) is 9.40. The van der Waals surface area contributed by atoms with Gasteiger partial charge in [-0.3, -0.25) is 5.32 Å². The number of halogens is 1. The molecule has 0 bridgehead atoms. The summed E-state index contributed by atoms with van der Waals surface area (Å²) in [7, 11) is 0. The van der Waals surface area contributed by atoms with E-state index in [9.17, 15) is 4.39 Å². The van der Waals surface area contributed by atoms with E-state index in [1.54, 1.807) is 12.1 Å². The third kappa shape index (κ3) is 5.34. The van der Waals surface area contributed by atoms with Crippen molar-refractivity contribution in [1.82, 2.24) is 5.32 Å². The number of allylic oxidation sites excluding steroid dienone is 5. The van der Waals surface area contributed by atoms with Crippen LogP contribution in [-0.4, -0.2) is 32.1 Å². The minimum absolute atomic E-state index is 0.185. The van der Waals surface area contributed by atoms with E-state index in [0.29, 0.717) is 41.5 Å². The monoisotopic (exact) mass is 535 g/mol. The molecule has 4 heteroatoms. The van der Waals surface area contributed by atoms with E-state index in [1.807, 2.05) is 6.07 Å². The maximum Gasteiger partial charge on any atom is 0.123 e. The zero-order valence-corrected chi connectivity index (χ0v) is 24.9. The minimum atomic E-state index is -0.185. The smallest absolute Gasteiger partial charge is 0.123 e. The van der Waals surface area contributed by atoms with E-state index in [0.717, 1.165) is 49.0 Å². The normalized spacial score (nSPS) is 36.6. The van der Waals surface area contributed by atoms with Crippen LogP contribution in [0.2, 0.25) is 0 Å². The molecule has 5 rings (SSSR count). The van der Waals surface area contributed by atoms with E-state index in [1.165, 1.54) is 49.3 Å². The number of hydrogen-bond acceptors (Lipinski definition) is 3. The van der Waals surface area contributed by atoms with Crippen LogP contribution in [0.4, 0.5) is 4.39 Å². The van der Waals surface area contributed by atoms with Gasteiger partial charge in [0.05, 0.1) is 19.4 Å². The number of benzene rings is 1.